The molecule has 124 valence electrons. The zero-order chi connectivity index (χ0) is 16.8. The highest BCUT2D eigenvalue weighted by molar-refractivity contribution is 5.80. The number of benzene rings is 2. The molecule has 0 radical (unpaired) electrons. The predicted octanol–water partition coefficient (Wildman–Crippen LogP) is 1.93. The van der Waals surface area contributed by atoms with Gasteiger partial charge in [0.1, 0.15) is 17.7 Å². The second-order valence-corrected chi connectivity index (χ2v) is 5.38. The van der Waals surface area contributed by atoms with Crippen LogP contribution in [0.15, 0.2) is 59.7 Å². The topological polar surface area (TPSA) is 86.8 Å². The van der Waals surface area contributed by atoms with Gasteiger partial charge in [-0.15, -0.1) is 0 Å². The van der Waals surface area contributed by atoms with E-state index in [0.717, 1.165) is 17.1 Å². The molecule has 0 saturated carbocycles. The van der Waals surface area contributed by atoms with Crippen molar-refractivity contribution in [1.82, 2.24) is 21.6 Å². The Bertz CT molecular complexity index is 720. The van der Waals surface area contributed by atoms with Crippen LogP contribution in [0.4, 0.5) is 4.79 Å². The van der Waals surface area contributed by atoms with Gasteiger partial charge in [-0.3, -0.25) is 10.9 Å². The molecule has 1 fully saturated rings. The van der Waals surface area contributed by atoms with Gasteiger partial charge in [0.15, 0.2) is 0 Å². The second-order valence-electron chi connectivity index (χ2n) is 5.38. The minimum atomic E-state index is -0.293. The monoisotopic (exact) mass is 325 g/mol. The summed E-state index contributed by atoms with van der Waals surface area (Å²) in [6.07, 6.45) is 1.39. The highest BCUT2D eigenvalue weighted by atomic mass is 16.5. The van der Waals surface area contributed by atoms with E-state index in [2.05, 4.69) is 26.7 Å². The maximum Gasteiger partial charge on any atom is 0.330 e. The summed E-state index contributed by atoms with van der Waals surface area (Å²) in [5.74, 6) is 1.51. The van der Waals surface area contributed by atoms with Crippen LogP contribution in [0.2, 0.25) is 0 Å². The summed E-state index contributed by atoms with van der Waals surface area (Å²) < 4.78 is 5.79. The first-order valence-corrected chi connectivity index (χ1v) is 7.64. The number of urea groups is 1. The van der Waals surface area contributed by atoms with Crippen LogP contribution in [0.3, 0.4) is 0 Å². The molecule has 24 heavy (non-hydrogen) atoms. The van der Waals surface area contributed by atoms with Crippen molar-refractivity contribution in [3.63, 3.8) is 0 Å². The molecular formula is C17H19N5O2. The molecule has 1 aliphatic rings. The Morgan fingerprint density at radius 1 is 1.12 bits per heavy atom. The number of hydrazine groups is 1. The number of para-hydroxylation sites is 1. The number of hydrazone groups is 1. The molecule has 0 spiro atoms. The Labute approximate surface area is 140 Å². The third-order valence-corrected chi connectivity index (χ3v) is 3.46. The minimum Gasteiger partial charge on any atom is -0.457 e. The number of carbonyl (C=O) groups excluding carboxylic acids is 1. The molecule has 0 bridgehead atoms. The van der Waals surface area contributed by atoms with Crippen molar-refractivity contribution in [2.24, 2.45) is 5.10 Å². The van der Waals surface area contributed by atoms with Crippen molar-refractivity contribution >= 4 is 12.2 Å². The number of ether oxygens (including phenoxy) is 1. The molecule has 7 heteroatoms. The fourth-order valence-electron chi connectivity index (χ4n) is 2.18. The molecule has 7 nitrogen and oxygen atoms in total. The normalized spacial score (nSPS) is 20.3. The van der Waals surface area contributed by atoms with Crippen LogP contribution in [0.25, 0.3) is 0 Å². The summed E-state index contributed by atoms with van der Waals surface area (Å²) in [5.41, 5.74) is 9.14. The van der Waals surface area contributed by atoms with Gasteiger partial charge in [-0.05, 0) is 36.8 Å². The van der Waals surface area contributed by atoms with E-state index in [1.807, 2.05) is 61.5 Å². The number of nitrogens with zero attached hydrogens (tertiary/aromatic N) is 1. The minimum absolute atomic E-state index is 0.00685. The molecule has 4 N–H and O–H groups in total. The summed E-state index contributed by atoms with van der Waals surface area (Å²) in [4.78, 5) is 11.3. The van der Waals surface area contributed by atoms with Gasteiger partial charge < -0.3 is 10.1 Å². The molecular weight excluding hydrogens is 306 g/mol. The molecule has 1 heterocycles. The van der Waals surface area contributed by atoms with E-state index in [4.69, 9.17) is 4.74 Å². The van der Waals surface area contributed by atoms with E-state index in [-0.39, 0.29) is 18.2 Å². The lowest BCUT2D eigenvalue weighted by Crippen LogP contribution is -2.67. The molecule has 3 rings (SSSR count). The van der Waals surface area contributed by atoms with E-state index in [1.165, 1.54) is 0 Å². The third kappa shape index (κ3) is 4.23. The molecule has 2 aromatic rings. The summed E-state index contributed by atoms with van der Waals surface area (Å²) in [7, 11) is 0. The molecule has 1 saturated heterocycles. The van der Waals surface area contributed by atoms with E-state index in [9.17, 15) is 4.79 Å². The molecule has 2 atom stereocenters. The van der Waals surface area contributed by atoms with Crippen molar-refractivity contribution in [3.05, 3.63) is 60.2 Å². The maximum absolute atomic E-state index is 11.3. The Balaban J connectivity index is 1.61. The molecule has 0 aliphatic carbocycles. The number of hydrogen-bond acceptors (Lipinski definition) is 5. The van der Waals surface area contributed by atoms with Gasteiger partial charge in [0, 0.05) is 0 Å². The second kappa shape index (κ2) is 7.47. The Morgan fingerprint density at radius 2 is 1.92 bits per heavy atom. The first-order chi connectivity index (χ1) is 11.7. The van der Waals surface area contributed by atoms with Crippen LogP contribution in [-0.2, 0) is 0 Å². The molecule has 2 aromatic carbocycles. The summed E-state index contributed by atoms with van der Waals surface area (Å²) in [6, 6.07) is 16.9. The lowest BCUT2D eigenvalue weighted by atomic mass is 10.2. The molecule has 2 amide bonds. The number of amides is 2. The SMILES string of the molecule is CC1NNC(=O)NC1N/N=C/c1cccc(Oc2ccccc2)c1. The quantitative estimate of drug-likeness (QED) is 0.500. The van der Waals surface area contributed by atoms with E-state index in [0.29, 0.717) is 0 Å². The fraction of sp³-hybridized carbons (Fsp3) is 0.176. The standard InChI is InChI=1S/C17H19N5O2/c1-12-16(19-17(23)22-20-12)21-18-11-13-6-5-9-15(10-13)24-14-7-3-2-4-8-14/h2-12,16,20-21H,1H3,(H2,19,22,23)/b18-11+. The first kappa shape index (κ1) is 15.8. The third-order valence-electron chi connectivity index (χ3n) is 3.46. The molecule has 2 unspecified atom stereocenters. The lowest BCUT2D eigenvalue weighted by Gasteiger charge is -2.30. The van der Waals surface area contributed by atoms with Crippen molar-refractivity contribution in [2.75, 3.05) is 0 Å². The van der Waals surface area contributed by atoms with Crippen molar-refractivity contribution < 1.29 is 9.53 Å². The van der Waals surface area contributed by atoms with Gasteiger partial charge in [0.05, 0.1) is 12.3 Å². The van der Waals surface area contributed by atoms with Gasteiger partial charge in [0.25, 0.3) is 0 Å². The van der Waals surface area contributed by atoms with E-state index < -0.39 is 0 Å². The van der Waals surface area contributed by atoms with Crippen molar-refractivity contribution in [3.8, 4) is 11.5 Å². The highest BCUT2D eigenvalue weighted by Gasteiger charge is 2.23. The van der Waals surface area contributed by atoms with Crippen molar-refractivity contribution in [2.45, 2.75) is 19.1 Å². The van der Waals surface area contributed by atoms with Crippen LogP contribution in [0, 0.1) is 0 Å². The largest absolute Gasteiger partial charge is 0.457 e. The average molecular weight is 325 g/mol. The highest BCUT2D eigenvalue weighted by Crippen LogP contribution is 2.21. The fourth-order valence-corrected chi connectivity index (χ4v) is 2.18. The van der Waals surface area contributed by atoms with Crippen LogP contribution < -0.4 is 26.3 Å². The molecule has 1 aliphatic heterocycles. The number of nitrogens with one attached hydrogen (secondary N) is 4. The Kier molecular flexibility index (Phi) is 4.93. The van der Waals surface area contributed by atoms with E-state index >= 15 is 0 Å². The van der Waals surface area contributed by atoms with Crippen LogP contribution >= 0.6 is 0 Å². The lowest BCUT2D eigenvalue weighted by molar-refractivity contribution is 0.202. The molecule has 0 aromatic heterocycles. The Morgan fingerprint density at radius 3 is 2.75 bits per heavy atom. The van der Waals surface area contributed by atoms with Crippen LogP contribution in [-0.4, -0.2) is 24.5 Å². The Hall–Kier alpha value is -3.06. The van der Waals surface area contributed by atoms with Crippen LogP contribution in [0.1, 0.15) is 12.5 Å². The number of hydrogen-bond donors (Lipinski definition) is 4. The van der Waals surface area contributed by atoms with Gasteiger partial charge in [0.2, 0.25) is 0 Å². The summed E-state index contributed by atoms with van der Waals surface area (Å²) in [5, 5.41) is 6.92. The van der Waals surface area contributed by atoms with Crippen molar-refractivity contribution in [1.29, 1.82) is 0 Å². The smallest absolute Gasteiger partial charge is 0.330 e. The zero-order valence-corrected chi connectivity index (χ0v) is 13.2. The van der Waals surface area contributed by atoms with Gasteiger partial charge in [-0.25, -0.2) is 10.2 Å². The predicted molar refractivity (Wildman–Crippen MR) is 91.7 cm³/mol. The number of rotatable bonds is 5. The first-order valence-electron chi connectivity index (χ1n) is 7.64. The zero-order valence-electron chi connectivity index (χ0n) is 13.2. The van der Waals surface area contributed by atoms with Crippen LogP contribution in [0.5, 0.6) is 11.5 Å². The van der Waals surface area contributed by atoms with Gasteiger partial charge in [-0.1, -0.05) is 30.3 Å². The van der Waals surface area contributed by atoms with E-state index in [1.54, 1.807) is 6.21 Å². The number of carbonyl (C=O) groups is 1. The maximum atomic E-state index is 11.3. The van der Waals surface area contributed by atoms with Gasteiger partial charge in [-0.2, -0.15) is 5.10 Å². The van der Waals surface area contributed by atoms with Gasteiger partial charge >= 0.3 is 6.03 Å². The summed E-state index contributed by atoms with van der Waals surface area (Å²) >= 11 is 0. The summed E-state index contributed by atoms with van der Waals surface area (Å²) in [6.45, 7) is 1.92. The average Bonchev–Trinajstić information content (AvgIpc) is 2.59.